The summed E-state index contributed by atoms with van der Waals surface area (Å²) >= 11 is 0. The third kappa shape index (κ3) is 3.61. The number of anilines is 1. The number of amides is 1. The van der Waals surface area contributed by atoms with Gasteiger partial charge in [0.1, 0.15) is 6.33 Å². The topological polar surface area (TPSA) is 94.0 Å². The highest BCUT2D eigenvalue weighted by atomic mass is 16.5. The minimum atomic E-state index is -0.0341. The Balaban J connectivity index is 1.56. The fourth-order valence-electron chi connectivity index (χ4n) is 2.16. The number of carbonyl (C=O) groups is 1. The van der Waals surface area contributed by atoms with E-state index in [0.717, 1.165) is 17.9 Å². The summed E-state index contributed by atoms with van der Waals surface area (Å²) in [5.41, 5.74) is 1.58. The zero-order chi connectivity index (χ0) is 14.5. The third-order valence-electron chi connectivity index (χ3n) is 3.19. The van der Waals surface area contributed by atoms with Crippen LogP contribution in [0.15, 0.2) is 30.6 Å². The molecule has 1 aliphatic rings. The molecule has 0 radical (unpaired) electrons. The first-order valence-corrected chi connectivity index (χ1v) is 6.76. The van der Waals surface area contributed by atoms with Crippen LogP contribution in [0.25, 0.3) is 5.69 Å². The van der Waals surface area contributed by atoms with E-state index in [1.807, 2.05) is 24.3 Å². The number of nitrogens with one attached hydrogen (secondary N) is 2. The molecular formula is C13H16N6O2. The molecule has 2 N–H and O–H groups in total. The number of hydrogen-bond donors (Lipinski definition) is 2. The van der Waals surface area contributed by atoms with E-state index >= 15 is 0 Å². The van der Waals surface area contributed by atoms with Crippen molar-refractivity contribution in [2.24, 2.45) is 0 Å². The molecule has 1 atom stereocenters. The van der Waals surface area contributed by atoms with Crippen molar-refractivity contribution >= 4 is 11.6 Å². The predicted octanol–water partition coefficient (Wildman–Crippen LogP) is -0.0207. The van der Waals surface area contributed by atoms with E-state index in [1.54, 1.807) is 4.68 Å². The van der Waals surface area contributed by atoms with Crippen LogP contribution >= 0.6 is 0 Å². The molecule has 1 saturated heterocycles. The van der Waals surface area contributed by atoms with Gasteiger partial charge < -0.3 is 15.4 Å². The number of rotatable bonds is 4. The van der Waals surface area contributed by atoms with Crippen molar-refractivity contribution in [3.05, 3.63) is 30.6 Å². The predicted molar refractivity (Wildman–Crippen MR) is 75.0 cm³/mol. The Hall–Kier alpha value is -2.32. The van der Waals surface area contributed by atoms with Crippen molar-refractivity contribution in [2.45, 2.75) is 12.5 Å². The number of nitrogens with zero attached hydrogens (tertiary/aromatic N) is 4. The summed E-state index contributed by atoms with van der Waals surface area (Å²) in [6, 6.07) is 7.40. The van der Waals surface area contributed by atoms with Crippen molar-refractivity contribution in [1.82, 2.24) is 25.5 Å². The fourth-order valence-corrected chi connectivity index (χ4v) is 2.16. The van der Waals surface area contributed by atoms with Crippen LogP contribution in [-0.4, -0.2) is 51.9 Å². The number of benzene rings is 1. The van der Waals surface area contributed by atoms with Crippen LogP contribution in [0.3, 0.4) is 0 Å². The average Bonchev–Trinajstić information content (AvgIpc) is 3.03. The van der Waals surface area contributed by atoms with E-state index in [-0.39, 0.29) is 11.9 Å². The van der Waals surface area contributed by atoms with Gasteiger partial charge in [-0.3, -0.25) is 4.79 Å². The Morgan fingerprint density at radius 3 is 2.95 bits per heavy atom. The van der Waals surface area contributed by atoms with E-state index in [1.165, 1.54) is 6.33 Å². The van der Waals surface area contributed by atoms with Crippen LogP contribution in [-0.2, 0) is 9.53 Å². The number of aromatic nitrogens is 4. The number of ether oxygens (including phenoxy) is 1. The maximum atomic E-state index is 12.0. The van der Waals surface area contributed by atoms with E-state index in [0.29, 0.717) is 19.6 Å². The molecule has 1 unspecified atom stereocenters. The van der Waals surface area contributed by atoms with E-state index < -0.39 is 0 Å². The first-order valence-electron chi connectivity index (χ1n) is 6.76. The van der Waals surface area contributed by atoms with Crippen LogP contribution in [0.2, 0.25) is 0 Å². The second-order valence-corrected chi connectivity index (χ2v) is 4.78. The van der Waals surface area contributed by atoms with Gasteiger partial charge in [0.15, 0.2) is 0 Å². The van der Waals surface area contributed by atoms with Gasteiger partial charge in [-0.15, -0.1) is 5.10 Å². The van der Waals surface area contributed by atoms with Gasteiger partial charge >= 0.3 is 0 Å². The lowest BCUT2D eigenvalue weighted by molar-refractivity contribution is -0.117. The number of carbonyl (C=O) groups excluding carboxylic acids is 1. The molecule has 2 heterocycles. The van der Waals surface area contributed by atoms with Crippen LogP contribution in [0.1, 0.15) is 6.42 Å². The molecule has 110 valence electrons. The van der Waals surface area contributed by atoms with Gasteiger partial charge in [0.25, 0.3) is 0 Å². The molecule has 21 heavy (non-hydrogen) atoms. The minimum absolute atomic E-state index is 0.0341. The normalized spacial score (nSPS) is 18.4. The van der Waals surface area contributed by atoms with Crippen LogP contribution in [0.5, 0.6) is 0 Å². The maximum absolute atomic E-state index is 12.0. The van der Waals surface area contributed by atoms with Crippen LogP contribution < -0.4 is 10.6 Å². The molecule has 8 nitrogen and oxygen atoms in total. The molecule has 2 aromatic rings. The molecule has 1 amide bonds. The van der Waals surface area contributed by atoms with Crippen LogP contribution in [0, 0.1) is 0 Å². The van der Waals surface area contributed by atoms with Crippen molar-refractivity contribution in [3.63, 3.8) is 0 Å². The molecule has 0 bridgehead atoms. The largest absolute Gasteiger partial charge is 0.378 e. The summed E-state index contributed by atoms with van der Waals surface area (Å²) < 4.78 is 6.88. The van der Waals surface area contributed by atoms with Gasteiger partial charge in [0.05, 0.1) is 18.9 Å². The van der Waals surface area contributed by atoms with Gasteiger partial charge in [0, 0.05) is 24.7 Å². The average molecular weight is 288 g/mol. The standard InChI is InChI=1S/C13H16N6O2/c20-13(7-11-8-21-6-5-14-11)16-10-1-3-12(4-2-10)19-9-15-17-18-19/h1-4,9,11,14H,5-8H2,(H,16,20). The first kappa shape index (κ1) is 13.7. The lowest BCUT2D eigenvalue weighted by Gasteiger charge is -2.23. The summed E-state index contributed by atoms with van der Waals surface area (Å²) in [6.45, 7) is 2.07. The number of morpholine rings is 1. The van der Waals surface area contributed by atoms with E-state index in [9.17, 15) is 4.79 Å². The fraction of sp³-hybridized carbons (Fsp3) is 0.385. The summed E-state index contributed by atoms with van der Waals surface area (Å²) in [5, 5.41) is 17.1. The van der Waals surface area contributed by atoms with Crippen molar-refractivity contribution < 1.29 is 9.53 Å². The molecule has 1 aromatic carbocycles. The zero-order valence-electron chi connectivity index (χ0n) is 11.4. The summed E-state index contributed by atoms with van der Waals surface area (Å²) in [4.78, 5) is 12.0. The number of hydrogen-bond acceptors (Lipinski definition) is 6. The summed E-state index contributed by atoms with van der Waals surface area (Å²) in [5.74, 6) is -0.0341. The molecule has 0 saturated carbocycles. The molecule has 3 rings (SSSR count). The monoisotopic (exact) mass is 288 g/mol. The first-order chi connectivity index (χ1) is 10.3. The van der Waals surface area contributed by atoms with Crippen molar-refractivity contribution in [1.29, 1.82) is 0 Å². The second kappa shape index (κ2) is 6.42. The lowest BCUT2D eigenvalue weighted by Crippen LogP contribution is -2.43. The van der Waals surface area contributed by atoms with E-state index in [2.05, 4.69) is 26.2 Å². The van der Waals surface area contributed by atoms with Crippen molar-refractivity contribution in [2.75, 3.05) is 25.1 Å². The molecule has 8 heteroatoms. The smallest absolute Gasteiger partial charge is 0.226 e. The highest BCUT2D eigenvalue weighted by Crippen LogP contribution is 2.12. The Morgan fingerprint density at radius 2 is 2.29 bits per heavy atom. The van der Waals surface area contributed by atoms with Gasteiger partial charge in [0.2, 0.25) is 5.91 Å². The zero-order valence-corrected chi connectivity index (χ0v) is 11.4. The van der Waals surface area contributed by atoms with E-state index in [4.69, 9.17) is 4.74 Å². The van der Waals surface area contributed by atoms with Gasteiger partial charge in [-0.1, -0.05) is 0 Å². The Morgan fingerprint density at radius 1 is 1.43 bits per heavy atom. The minimum Gasteiger partial charge on any atom is -0.378 e. The molecule has 1 aromatic heterocycles. The molecule has 0 spiro atoms. The highest BCUT2D eigenvalue weighted by molar-refractivity contribution is 5.91. The molecule has 1 aliphatic heterocycles. The highest BCUT2D eigenvalue weighted by Gasteiger charge is 2.16. The SMILES string of the molecule is O=C(CC1COCCN1)Nc1ccc(-n2cnnn2)cc1. The Labute approximate surface area is 121 Å². The summed E-state index contributed by atoms with van der Waals surface area (Å²) in [7, 11) is 0. The lowest BCUT2D eigenvalue weighted by atomic mass is 10.2. The number of tetrazole rings is 1. The van der Waals surface area contributed by atoms with Crippen molar-refractivity contribution in [3.8, 4) is 5.69 Å². The second-order valence-electron chi connectivity index (χ2n) is 4.78. The third-order valence-corrected chi connectivity index (χ3v) is 3.19. The Kier molecular flexibility index (Phi) is 4.17. The molecule has 0 aliphatic carbocycles. The van der Waals surface area contributed by atoms with Gasteiger partial charge in [-0.25, -0.2) is 4.68 Å². The van der Waals surface area contributed by atoms with Gasteiger partial charge in [-0.2, -0.15) is 0 Å². The van der Waals surface area contributed by atoms with Crippen LogP contribution in [0.4, 0.5) is 5.69 Å². The maximum Gasteiger partial charge on any atom is 0.226 e. The Bertz CT molecular complexity index is 577. The quantitative estimate of drug-likeness (QED) is 0.821. The molecular weight excluding hydrogens is 272 g/mol. The van der Waals surface area contributed by atoms with Gasteiger partial charge in [-0.05, 0) is 34.7 Å². The summed E-state index contributed by atoms with van der Waals surface area (Å²) in [6.07, 6.45) is 1.91. The molecule has 1 fully saturated rings.